The molecule has 0 radical (unpaired) electrons. The van der Waals surface area contributed by atoms with Gasteiger partial charge in [0.25, 0.3) is 0 Å². The van der Waals surface area contributed by atoms with Gasteiger partial charge >= 0.3 is 0 Å². The van der Waals surface area contributed by atoms with Crippen molar-refractivity contribution < 1.29 is 12.8 Å². The number of likely N-dealkylation sites (tertiary alicyclic amines) is 1. The van der Waals surface area contributed by atoms with Crippen LogP contribution in [0.3, 0.4) is 0 Å². The highest BCUT2D eigenvalue weighted by atomic mass is 32.2. The van der Waals surface area contributed by atoms with E-state index in [0.717, 1.165) is 55.2 Å². The van der Waals surface area contributed by atoms with Crippen molar-refractivity contribution in [3.63, 3.8) is 0 Å². The number of nitrogens with zero attached hydrogens (tertiary/aromatic N) is 4. The molecule has 2 atom stereocenters. The van der Waals surface area contributed by atoms with E-state index in [2.05, 4.69) is 14.8 Å². The minimum absolute atomic E-state index is 0.265. The molecule has 202 valence electrons. The van der Waals surface area contributed by atoms with Crippen LogP contribution in [0.4, 0.5) is 4.39 Å². The van der Waals surface area contributed by atoms with Crippen LogP contribution in [0.15, 0.2) is 47.6 Å². The van der Waals surface area contributed by atoms with Gasteiger partial charge < -0.3 is 9.30 Å². The van der Waals surface area contributed by atoms with Crippen LogP contribution < -0.4 is 0 Å². The minimum atomic E-state index is -3.26. The smallest absolute Gasteiger partial charge is 0.175 e. The molecule has 3 aromatic rings. The van der Waals surface area contributed by atoms with E-state index in [1.54, 1.807) is 34.7 Å². The van der Waals surface area contributed by atoms with Crippen molar-refractivity contribution in [3.8, 4) is 11.3 Å². The van der Waals surface area contributed by atoms with Crippen LogP contribution in [0.5, 0.6) is 0 Å². The van der Waals surface area contributed by atoms with E-state index in [4.69, 9.17) is 0 Å². The van der Waals surface area contributed by atoms with Crippen LogP contribution in [0, 0.1) is 5.82 Å². The quantitative estimate of drug-likeness (QED) is 0.445. The SMILES string of the molecule is CS(=O)(=O)c1ccc(-c2cn3cc(C4CCN(C5CC6CCC(C5)N6C5CCC5)CC4)cc(F)c3n2)cc1. The van der Waals surface area contributed by atoms with Crippen LogP contribution in [-0.2, 0) is 9.84 Å². The van der Waals surface area contributed by atoms with Crippen LogP contribution in [0.2, 0.25) is 0 Å². The predicted octanol–water partition coefficient (Wildman–Crippen LogP) is 5.27. The number of rotatable bonds is 5. The number of piperidine rings is 2. The number of pyridine rings is 1. The summed E-state index contributed by atoms with van der Waals surface area (Å²) in [6.45, 7) is 2.19. The molecule has 1 saturated carbocycles. The molecule has 5 heterocycles. The summed E-state index contributed by atoms with van der Waals surface area (Å²) >= 11 is 0. The number of imidazole rings is 1. The lowest BCUT2D eigenvalue weighted by Gasteiger charge is -2.50. The molecule has 4 aliphatic rings. The summed E-state index contributed by atoms with van der Waals surface area (Å²) in [6, 6.07) is 11.5. The van der Waals surface area contributed by atoms with E-state index in [9.17, 15) is 8.42 Å². The Morgan fingerprint density at radius 1 is 0.868 bits per heavy atom. The molecule has 2 unspecified atom stereocenters. The summed E-state index contributed by atoms with van der Waals surface area (Å²) in [5.41, 5.74) is 2.76. The lowest BCUT2D eigenvalue weighted by Crippen LogP contribution is -2.56. The highest BCUT2D eigenvalue weighted by molar-refractivity contribution is 7.90. The molecule has 3 aliphatic heterocycles. The molecule has 3 saturated heterocycles. The van der Waals surface area contributed by atoms with Crippen molar-refractivity contribution in [2.45, 2.75) is 92.8 Å². The molecule has 2 aromatic heterocycles. The molecule has 38 heavy (non-hydrogen) atoms. The van der Waals surface area contributed by atoms with Crippen LogP contribution in [0.25, 0.3) is 16.9 Å². The van der Waals surface area contributed by atoms with Gasteiger partial charge in [-0.2, -0.15) is 0 Å². The predicted molar refractivity (Wildman–Crippen MR) is 147 cm³/mol. The summed E-state index contributed by atoms with van der Waals surface area (Å²) in [7, 11) is -3.26. The number of fused-ring (bicyclic) bond motifs is 3. The second-order valence-corrected chi connectivity index (χ2v) is 14.1. The Kier molecular flexibility index (Phi) is 6.13. The summed E-state index contributed by atoms with van der Waals surface area (Å²) in [4.78, 5) is 10.4. The highest BCUT2D eigenvalue weighted by Gasteiger charge is 2.46. The van der Waals surface area contributed by atoms with Crippen LogP contribution in [-0.4, -0.2) is 71.1 Å². The van der Waals surface area contributed by atoms with Gasteiger partial charge in [0.2, 0.25) is 0 Å². The fourth-order valence-electron chi connectivity index (χ4n) is 7.67. The van der Waals surface area contributed by atoms with Gasteiger partial charge in [-0.15, -0.1) is 0 Å². The summed E-state index contributed by atoms with van der Waals surface area (Å²) < 4.78 is 40.5. The number of aromatic nitrogens is 2. The van der Waals surface area contributed by atoms with Crippen molar-refractivity contribution in [1.82, 2.24) is 19.2 Å². The van der Waals surface area contributed by atoms with Crippen molar-refractivity contribution >= 4 is 15.5 Å². The molecule has 2 bridgehead atoms. The Morgan fingerprint density at radius 2 is 1.55 bits per heavy atom. The first kappa shape index (κ1) is 24.7. The Bertz CT molecular complexity index is 1430. The van der Waals surface area contributed by atoms with E-state index in [1.807, 2.05) is 12.4 Å². The maximum absolute atomic E-state index is 15.2. The maximum atomic E-state index is 15.2. The molecule has 7 rings (SSSR count). The van der Waals surface area contributed by atoms with Crippen molar-refractivity contribution in [3.05, 3.63) is 54.1 Å². The molecular formula is C30H37FN4O2S. The first-order chi connectivity index (χ1) is 18.3. The number of hydrogen-bond acceptors (Lipinski definition) is 5. The molecule has 0 amide bonds. The third kappa shape index (κ3) is 4.38. The maximum Gasteiger partial charge on any atom is 0.175 e. The van der Waals surface area contributed by atoms with Gasteiger partial charge in [0.1, 0.15) is 0 Å². The van der Waals surface area contributed by atoms with Gasteiger partial charge in [0.15, 0.2) is 21.3 Å². The molecular weight excluding hydrogens is 499 g/mol. The standard InChI is InChI=1S/C30H37FN4O2S/c1-38(36,37)27-9-5-21(6-10-27)29-19-34-18-22(15-28(31)30(34)32-29)20-11-13-33(14-12-20)26-16-24-7-8-25(17-26)35(24)23-3-2-4-23/h5-6,9-10,15,18-20,23-26H,2-4,7-8,11-14,16-17H2,1H3. The zero-order valence-electron chi connectivity index (χ0n) is 22.1. The molecule has 8 heteroatoms. The summed E-state index contributed by atoms with van der Waals surface area (Å²) in [5.74, 6) is 0.0562. The van der Waals surface area contributed by atoms with Crippen molar-refractivity contribution in [2.75, 3.05) is 19.3 Å². The minimum Gasteiger partial charge on any atom is -0.304 e. The fraction of sp³-hybridized carbons (Fsp3) is 0.567. The van der Waals surface area contributed by atoms with Crippen LogP contribution >= 0.6 is 0 Å². The van der Waals surface area contributed by atoms with Crippen molar-refractivity contribution in [1.29, 1.82) is 0 Å². The Balaban J connectivity index is 1.03. The Labute approximate surface area is 224 Å². The second kappa shape index (κ2) is 9.42. The molecule has 1 aliphatic carbocycles. The van der Waals surface area contributed by atoms with Gasteiger partial charge in [-0.3, -0.25) is 4.90 Å². The number of halogens is 1. The zero-order valence-corrected chi connectivity index (χ0v) is 22.9. The molecule has 1 aromatic carbocycles. The number of benzene rings is 1. The summed E-state index contributed by atoms with van der Waals surface area (Å²) in [5, 5.41) is 0. The average Bonchev–Trinajstić information content (AvgIpc) is 3.41. The average molecular weight is 537 g/mol. The lowest BCUT2D eigenvalue weighted by molar-refractivity contribution is -0.000836. The van der Waals surface area contributed by atoms with Gasteiger partial charge in [-0.25, -0.2) is 17.8 Å². The molecule has 4 fully saturated rings. The van der Waals surface area contributed by atoms with Crippen LogP contribution in [0.1, 0.15) is 69.3 Å². The molecule has 0 spiro atoms. The van der Waals surface area contributed by atoms with Gasteiger partial charge in [0, 0.05) is 48.4 Å². The molecule has 6 nitrogen and oxygen atoms in total. The van der Waals surface area contributed by atoms with Gasteiger partial charge in [-0.05, 0) is 94.1 Å². The van der Waals surface area contributed by atoms with E-state index in [0.29, 0.717) is 23.3 Å². The largest absolute Gasteiger partial charge is 0.304 e. The van der Waals surface area contributed by atoms with E-state index in [-0.39, 0.29) is 10.7 Å². The number of sulfone groups is 1. The zero-order chi connectivity index (χ0) is 26.0. The first-order valence-electron chi connectivity index (χ1n) is 14.3. The molecule has 0 N–H and O–H groups in total. The summed E-state index contributed by atoms with van der Waals surface area (Å²) in [6.07, 6.45) is 16.9. The van der Waals surface area contributed by atoms with Gasteiger partial charge in [-0.1, -0.05) is 18.6 Å². The van der Waals surface area contributed by atoms with E-state index in [1.165, 1.54) is 51.2 Å². The normalized spacial score (nSPS) is 27.7. The van der Waals surface area contributed by atoms with E-state index < -0.39 is 9.84 Å². The number of hydrogen-bond donors (Lipinski definition) is 0. The topological polar surface area (TPSA) is 57.9 Å². The third-order valence-corrected chi connectivity index (χ3v) is 11.0. The van der Waals surface area contributed by atoms with Gasteiger partial charge in [0.05, 0.1) is 10.6 Å². The highest BCUT2D eigenvalue weighted by Crippen LogP contribution is 2.44. The Hall–Kier alpha value is -2.29. The lowest BCUT2D eigenvalue weighted by atomic mass is 9.84. The monoisotopic (exact) mass is 536 g/mol. The Morgan fingerprint density at radius 3 is 2.16 bits per heavy atom. The van der Waals surface area contributed by atoms with Crippen molar-refractivity contribution in [2.24, 2.45) is 0 Å². The first-order valence-corrected chi connectivity index (χ1v) is 16.2. The third-order valence-electron chi connectivity index (χ3n) is 9.88. The fourth-order valence-corrected chi connectivity index (χ4v) is 8.30. The van der Waals surface area contributed by atoms with E-state index >= 15 is 4.39 Å². The second-order valence-electron chi connectivity index (χ2n) is 12.1.